The Morgan fingerprint density at radius 2 is 1.65 bits per heavy atom. The molecule has 3 atom stereocenters. The minimum absolute atomic E-state index is 0.0455. The van der Waals surface area contributed by atoms with Crippen molar-refractivity contribution >= 4 is 6.29 Å². The maximum absolute atomic E-state index is 13.3. The van der Waals surface area contributed by atoms with Crippen molar-refractivity contribution in [3.63, 3.8) is 0 Å². The summed E-state index contributed by atoms with van der Waals surface area (Å²) in [6.45, 7) is 2.05. The highest BCUT2D eigenvalue weighted by Gasteiger charge is 2.43. The van der Waals surface area contributed by atoms with E-state index < -0.39 is 35.1 Å². The van der Waals surface area contributed by atoms with Gasteiger partial charge in [-0.15, -0.1) is 0 Å². The summed E-state index contributed by atoms with van der Waals surface area (Å²) in [4.78, 5) is 10.8. The van der Waals surface area contributed by atoms with Crippen molar-refractivity contribution in [2.75, 3.05) is 20.2 Å². The molecule has 1 aliphatic rings. The summed E-state index contributed by atoms with van der Waals surface area (Å²) in [7, 11) is 1.86. The van der Waals surface area contributed by atoms with Crippen molar-refractivity contribution in [1.29, 1.82) is 0 Å². The molecule has 10 heteroatoms. The third kappa shape index (κ3) is 7.12. The fraction of sp³-hybridized carbons (Fsp3) is 0.519. The number of alkyl halides is 6. The van der Waals surface area contributed by atoms with Gasteiger partial charge in [-0.05, 0) is 69.0 Å². The number of rotatable bonds is 10. The Morgan fingerprint density at radius 3 is 2.14 bits per heavy atom. The second-order valence-corrected chi connectivity index (χ2v) is 9.68. The van der Waals surface area contributed by atoms with E-state index in [1.165, 1.54) is 6.92 Å². The van der Waals surface area contributed by atoms with Crippen molar-refractivity contribution in [3.05, 3.63) is 70.8 Å². The van der Waals surface area contributed by atoms with E-state index >= 15 is 0 Å². The Balaban J connectivity index is 1.85. The van der Waals surface area contributed by atoms with E-state index in [0.717, 1.165) is 31.1 Å². The van der Waals surface area contributed by atoms with E-state index in [4.69, 9.17) is 4.74 Å². The van der Waals surface area contributed by atoms with Crippen molar-refractivity contribution in [2.45, 2.75) is 68.6 Å². The van der Waals surface area contributed by atoms with Crippen LogP contribution in [0.5, 0.6) is 0 Å². The molecule has 0 amide bonds. The number of aldehydes is 1. The SMILES string of the molecule is CNC1(CCCC=O)CC[C@@](COC(C)c2cc(C(F)(F)F)cc(C(F)(F)F)c2)(c2ccccc2)NC1. The van der Waals surface area contributed by atoms with Crippen LogP contribution in [0.2, 0.25) is 0 Å². The summed E-state index contributed by atoms with van der Waals surface area (Å²) in [6, 6.07) is 11.0. The van der Waals surface area contributed by atoms with Gasteiger partial charge in [0, 0.05) is 18.5 Å². The smallest absolute Gasteiger partial charge is 0.372 e. The summed E-state index contributed by atoms with van der Waals surface area (Å²) in [5.41, 5.74) is -2.93. The maximum Gasteiger partial charge on any atom is 0.416 e. The largest absolute Gasteiger partial charge is 0.416 e. The molecule has 1 fully saturated rings. The molecule has 3 rings (SSSR count). The summed E-state index contributed by atoms with van der Waals surface area (Å²) in [6.07, 6.45) is -6.65. The zero-order valence-corrected chi connectivity index (χ0v) is 20.8. The Labute approximate surface area is 212 Å². The van der Waals surface area contributed by atoms with Gasteiger partial charge in [0.05, 0.1) is 29.4 Å². The zero-order valence-electron chi connectivity index (χ0n) is 20.8. The Bertz CT molecular complexity index is 999. The van der Waals surface area contributed by atoms with Gasteiger partial charge in [0.1, 0.15) is 6.29 Å². The predicted octanol–water partition coefficient (Wildman–Crippen LogP) is 6.41. The Kier molecular flexibility index (Phi) is 9.08. The molecule has 2 N–H and O–H groups in total. The van der Waals surface area contributed by atoms with Gasteiger partial charge in [-0.3, -0.25) is 0 Å². The molecule has 0 bridgehead atoms. The average Bonchev–Trinajstić information content (AvgIpc) is 2.87. The molecule has 204 valence electrons. The van der Waals surface area contributed by atoms with E-state index in [2.05, 4.69) is 10.6 Å². The molecule has 1 aliphatic heterocycles. The monoisotopic (exact) mass is 530 g/mol. The van der Waals surface area contributed by atoms with Gasteiger partial charge in [0.2, 0.25) is 0 Å². The lowest BCUT2D eigenvalue weighted by Gasteiger charge is -2.48. The molecular weight excluding hydrogens is 498 g/mol. The maximum atomic E-state index is 13.3. The quantitative estimate of drug-likeness (QED) is 0.212. The van der Waals surface area contributed by atoms with Crippen molar-refractivity contribution in [3.8, 4) is 0 Å². The number of ether oxygens (including phenoxy) is 1. The number of hydrogen-bond acceptors (Lipinski definition) is 4. The lowest BCUT2D eigenvalue weighted by atomic mass is 9.74. The topological polar surface area (TPSA) is 50.4 Å². The minimum Gasteiger partial charge on any atom is -0.372 e. The molecule has 2 aromatic carbocycles. The highest BCUT2D eigenvalue weighted by molar-refractivity contribution is 5.49. The molecule has 37 heavy (non-hydrogen) atoms. The lowest BCUT2D eigenvalue weighted by molar-refractivity contribution is -0.143. The first-order valence-corrected chi connectivity index (χ1v) is 12.2. The minimum atomic E-state index is -4.92. The van der Waals surface area contributed by atoms with Gasteiger partial charge in [-0.1, -0.05) is 30.3 Å². The first-order valence-electron chi connectivity index (χ1n) is 12.2. The average molecular weight is 531 g/mol. The predicted molar refractivity (Wildman–Crippen MR) is 128 cm³/mol. The molecule has 4 nitrogen and oxygen atoms in total. The molecule has 1 heterocycles. The summed E-state index contributed by atoms with van der Waals surface area (Å²) >= 11 is 0. The van der Waals surface area contributed by atoms with Gasteiger partial charge < -0.3 is 20.2 Å². The first kappa shape index (κ1) is 29.1. The van der Waals surface area contributed by atoms with E-state index in [-0.39, 0.29) is 23.8 Å². The van der Waals surface area contributed by atoms with Crippen LogP contribution in [0.1, 0.15) is 67.4 Å². The molecule has 2 aromatic rings. The van der Waals surface area contributed by atoms with Gasteiger partial charge >= 0.3 is 12.4 Å². The molecule has 0 spiro atoms. The number of unbranched alkanes of at least 4 members (excludes halogenated alkanes) is 1. The van der Waals surface area contributed by atoms with E-state index in [1.807, 2.05) is 37.4 Å². The first-order chi connectivity index (χ1) is 17.3. The molecule has 0 radical (unpaired) electrons. The van der Waals surface area contributed by atoms with E-state index in [9.17, 15) is 31.1 Å². The summed E-state index contributed by atoms with van der Waals surface area (Å²) < 4.78 is 86.0. The normalized spacial score (nSPS) is 23.6. The van der Waals surface area contributed by atoms with Crippen LogP contribution in [0.15, 0.2) is 48.5 Å². The number of carbonyl (C=O) groups is 1. The Hall–Kier alpha value is -2.43. The lowest BCUT2D eigenvalue weighted by Crippen LogP contribution is -2.62. The number of halogens is 6. The number of nitrogens with one attached hydrogen (secondary N) is 2. The van der Waals surface area contributed by atoms with Crippen LogP contribution in [-0.4, -0.2) is 32.0 Å². The van der Waals surface area contributed by atoms with E-state index in [0.29, 0.717) is 31.5 Å². The van der Waals surface area contributed by atoms with Gasteiger partial charge in [-0.2, -0.15) is 26.3 Å². The van der Waals surface area contributed by atoms with Gasteiger partial charge in [0.15, 0.2) is 0 Å². The highest BCUT2D eigenvalue weighted by Crippen LogP contribution is 2.40. The van der Waals surface area contributed by atoms with Crippen LogP contribution in [0.3, 0.4) is 0 Å². The van der Waals surface area contributed by atoms with Crippen LogP contribution >= 0.6 is 0 Å². The standard InChI is InChI=1S/C27H32F6N2O2/c1-19(20-14-22(26(28,29)30)16-23(15-20)27(31,32)33)37-18-25(21-8-4-3-5-9-21)12-11-24(34-2,17-35-25)10-6-7-13-36/h3-5,8-9,13-16,19,34-35H,6-7,10-12,17-18H2,1-2H3/t19?,24?,25-/m1/s1. The number of piperidine rings is 1. The number of benzene rings is 2. The summed E-state index contributed by atoms with van der Waals surface area (Å²) in [5, 5.41) is 6.92. The van der Waals surface area contributed by atoms with Crippen molar-refractivity contribution in [2.24, 2.45) is 0 Å². The fourth-order valence-corrected chi connectivity index (χ4v) is 4.83. The van der Waals surface area contributed by atoms with Crippen molar-refractivity contribution < 1.29 is 35.9 Å². The zero-order chi connectivity index (χ0) is 27.3. The van der Waals surface area contributed by atoms with Crippen LogP contribution < -0.4 is 10.6 Å². The third-order valence-electron chi connectivity index (χ3n) is 7.29. The molecule has 0 aromatic heterocycles. The molecule has 1 saturated heterocycles. The number of hydrogen-bond donors (Lipinski definition) is 2. The van der Waals surface area contributed by atoms with Crippen molar-refractivity contribution in [1.82, 2.24) is 10.6 Å². The molecule has 0 aliphatic carbocycles. The van der Waals surface area contributed by atoms with Gasteiger partial charge in [-0.25, -0.2) is 0 Å². The third-order valence-corrected chi connectivity index (χ3v) is 7.29. The van der Waals surface area contributed by atoms with E-state index in [1.54, 1.807) is 0 Å². The second-order valence-electron chi connectivity index (χ2n) is 9.68. The molecular formula is C27H32F6N2O2. The van der Waals surface area contributed by atoms with Crippen LogP contribution in [0.4, 0.5) is 26.3 Å². The molecule has 0 saturated carbocycles. The number of likely N-dealkylation sites (N-methyl/N-ethyl adjacent to an activating group) is 1. The highest BCUT2D eigenvalue weighted by atomic mass is 19.4. The van der Waals surface area contributed by atoms with Gasteiger partial charge in [0.25, 0.3) is 0 Å². The second kappa shape index (κ2) is 11.5. The number of carbonyl (C=O) groups excluding carboxylic acids is 1. The Morgan fingerprint density at radius 1 is 1.03 bits per heavy atom. The van der Waals surface area contributed by atoms with Crippen LogP contribution in [-0.2, 0) is 27.4 Å². The fourth-order valence-electron chi connectivity index (χ4n) is 4.83. The van der Waals surface area contributed by atoms with Crippen LogP contribution in [0, 0.1) is 0 Å². The molecule has 2 unspecified atom stereocenters. The van der Waals surface area contributed by atoms with Crippen LogP contribution in [0.25, 0.3) is 0 Å². The summed E-state index contributed by atoms with van der Waals surface area (Å²) in [5.74, 6) is 0.